The van der Waals surface area contributed by atoms with E-state index >= 15 is 0 Å². The van der Waals surface area contributed by atoms with E-state index in [0.29, 0.717) is 0 Å². The van der Waals surface area contributed by atoms with E-state index in [4.69, 9.17) is 0 Å². The van der Waals surface area contributed by atoms with E-state index in [-0.39, 0.29) is 5.41 Å². The van der Waals surface area contributed by atoms with Gasteiger partial charge in [0.05, 0.1) is 12.6 Å². The lowest BCUT2D eigenvalue weighted by molar-refractivity contribution is -0.659. The van der Waals surface area contributed by atoms with Gasteiger partial charge in [0.15, 0.2) is 5.69 Å². The predicted octanol–water partition coefficient (Wildman–Crippen LogP) is 4.72. The van der Waals surface area contributed by atoms with E-state index in [1.54, 1.807) is 0 Å². The van der Waals surface area contributed by atoms with Crippen LogP contribution in [-0.4, -0.2) is 4.57 Å². The molecular weight excluding hydrogens is 292 g/mol. The maximum Gasteiger partial charge on any atom is 0.289 e. The van der Waals surface area contributed by atoms with Crippen LogP contribution in [0.4, 0.5) is 0 Å². The third kappa shape index (κ3) is 2.06. The maximum atomic E-state index is 2.53. The second-order valence-electron chi connectivity index (χ2n) is 6.93. The van der Waals surface area contributed by atoms with Gasteiger partial charge in [-0.25, -0.2) is 9.13 Å². The number of imidazole rings is 1. The highest BCUT2D eigenvalue weighted by atomic mass is 15.2. The topological polar surface area (TPSA) is 8.81 Å². The number of benzene rings is 2. The zero-order valence-electron chi connectivity index (χ0n) is 14.8. The van der Waals surface area contributed by atoms with Crippen molar-refractivity contribution < 1.29 is 4.57 Å². The molecule has 0 saturated carbocycles. The van der Waals surface area contributed by atoms with Crippen LogP contribution < -0.4 is 4.57 Å². The Morgan fingerprint density at radius 1 is 0.958 bits per heavy atom. The first-order valence-electron chi connectivity index (χ1n) is 8.94. The van der Waals surface area contributed by atoms with Crippen molar-refractivity contribution in [2.75, 3.05) is 0 Å². The molecule has 0 radical (unpaired) electrons. The number of hydrogen-bond acceptors (Lipinski definition) is 0. The van der Waals surface area contributed by atoms with Crippen LogP contribution in [0.25, 0.3) is 22.6 Å². The Balaban J connectivity index is 2.01. The van der Waals surface area contributed by atoms with Gasteiger partial charge in [0, 0.05) is 11.0 Å². The Morgan fingerprint density at radius 3 is 2.33 bits per heavy atom. The first-order valence-corrected chi connectivity index (χ1v) is 8.94. The number of rotatable bonds is 3. The van der Waals surface area contributed by atoms with Crippen molar-refractivity contribution in [1.82, 2.24) is 4.57 Å². The van der Waals surface area contributed by atoms with Crippen molar-refractivity contribution in [3.05, 3.63) is 66.4 Å². The molecule has 2 heterocycles. The summed E-state index contributed by atoms with van der Waals surface area (Å²) in [6.45, 7) is 5.71. The molecular formula is C22H25N2+. The molecule has 0 fully saturated rings. The van der Waals surface area contributed by atoms with Crippen LogP contribution in [0.2, 0.25) is 0 Å². The minimum atomic E-state index is 0.221. The minimum absolute atomic E-state index is 0.221. The standard InChI is InChI=1S/C22H25N2/c1-4-22(5-2)16-24-20(17-11-7-6-8-12-17)15-23(3)21(24)18-13-9-10-14-19(18)22/h6-15H,4-5,16H2,1-3H3/q+1. The Morgan fingerprint density at radius 2 is 1.62 bits per heavy atom. The van der Waals surface area contributed by atoms with Crippen LogP contribution in [0.15, 0.2) is 60.8 Å². The summed E-state index contributed by atoms with van der Waals surface area (Å²) in [5.41, 5.74) is 5.72. The Labute approximate surface area is 144 Å². The molecule has 0 amide bonds. The maximum absolute atomic E-state index is 2.53. The Hall–Kier alpha value is -2.35. The molecule has 2 aromatic carbocycles. The normalized spacial score (nSPS) is 15.0. The SMILES string of the molecule is CCC1(CC)Cn2c(-c3ccccc3)c[n+](C)c2-c2ccccc21. The molecule has 1 aliphatic heterocycles. The molecule has 122 valence electrons. The van der Waals surface area contributed by atoms with Crippen LogP contribution >= 0.6 is 0 Å². The fourth-order valence-electron chi connectivity index (χ4n) is 4.34. The largest absolute Gasteiger partial charge is 0.289 e. The highest BCUT2D eigenvalue weighted by Gasteiger charge is 2.42. The summed E-state index contributed by atoms with van der Waals surface area (Å²) in [4.78, 5) is 0. The van der Waals surface area contributed by atoms with Crippen LogP contribution in [0, 0.1) is 0 Å². The fraction of sp³-hybridized carbons (Fsp3) is 0.318. The fourth-order valence-corrected chi connectivity index (χ4v) is 4.34. The second-order valence-corrected chi connectivity index (χ2v) is 6.93. The lowest BCUT2D eigenvalue weighted by Gasteiger charge is -2.35. The third-order valence-electron chi connectivity index (χ3n) is 5.82. The van der Waals surface area contributed by atoms with Crippen LogP contribution in [0.3, 0.4) is 0 Å². The number of aryl methyl sites for hydroxylation is 1. The Bertz CT molecular complexity index is 870. The first kappa shape index (κ1) is 15.2. The van der Waals surface area contributed by atoms with E-state index in [2.05, 4.69) is 90.8 Å². The Kier molecular flexibility index (Phi) is 3.56. The van der Waals surface area contributed by atoms with Crippen molar-refractivity contribution in [2.45, 2.75) is 38.6 Å². The van der Waals surface area contributed by atoms with Gasteiger partial charge in [-0.2, -0.15) is 0 Å². The average molecular weight is 317 g/mol. The predicted molar refractivity (Wildman–Crippen MR) is 98.7 cm³/mol. The summed E-state index contributed by atoms with van der Waals surface area (Å²) in [7, 11) is 2.17. The average Bonchev–Trinajstić information content (AvgIpc) is 2.98. The van der Waals surface area contributed by atoms with E-state index in [0.717, 1.165) is 19.4 Å². The van der Waals surface area contributed by atoms with Gasteiger partial charge < -0.3 is 0 Å². The summed E-state index contributed by atoms with van der Waals surface area (Å²) in [5, 5.41) is 0. The van der Waals surface area contributed by atoms with E-state index in [9.17, 15) is 0 Å². The van der Waals surface area contributed by atoms with Crippen LogP contribution in [0.5, 0.6) is 0 Å². The third-order valence-corrected chi connectivity index (χ3v) is 5.82. The van der Waals surface area contributed by atoms with Crippen LogP contribution in [0.1, 0.15) is 32.3 Å². The molecule has 2 nitrogen and oxygen atoms in total. The van der Waals surface area contributed by atoms with Gasteiger partial charge in [-0.15, -0.1) is 0 Å². The minimum Gasteiger partial charge on any atom is -0.232 e. The van der Waals surface area contributed by atoms with Gasteiger partial charge in [0.2, 0.25) is 0 Å². The summed E-state index contributed by atoms with van der Waals surface area (Å²) >= 11 is 0. The summed E-state index contributed by atoms with van der Waals surface area (Å²) < 4.78 is 4.82. The molecule has 0 N–H and O–H groups in total. The van der Waals surface area contributed by atoms with E-state index in [1.165, 1.54) is 28.2 Å². The molecule has 3 aromatic rings. The molecule has 24 heavy (non-hydrogen) atoms. The van der Waals surface area contributed by atoms with Crippen molar-refractivity contribution in [1.29, 1.82) is 0 Å². The summed E-state index contributed by atoms with van der Waals surface area (Å²) in [5.74, 6) is 1.32. The number of nitrogens with zero attached hydrogens (tertiary/aromatic N) is 2. The molecule has 4 rings (SSSR count). The molecule has 0 aliphatic carbocycles. The zero-order chi connectivity index (χ0) is 16.7. The second kappa shape index (κ2) is 5.62. The van der Waals surface area contributed by atoms with Gasteiger partial charge in [-0.05, 0) is 24.5 Å². The van der Waals surface area contributed by atoms with Gasteiger partial charge in [0.25, 0.3) is 5.82 Å². The van der Waals surface area contributed by atoms with Crippen molar-refractivity contribution >= 4 is 0 Å². The number of aromatic nitrogens is 2. The van der Waals surface area contributed by atoms with Crippen molar-refractivity contribution in [2.24, 2.45) is 7.05 Å². The highest BCUT2D eigenvalue weighted by Crippen LogP contribution is 2.44. The quantitative estimate of drug-likeness (QED) is 0.618. The van der Waals surface area contributed by atoms with Gasteiger partial charge in [-0.3, -0.25) is 0 Å². The molecule has 1 aliphatic rings. The highest BCUT2D eigenvalue weighted by molar-refractivity contribution is 5.68. The van der Waals surface area contributed by atoms with Crippen LogP contribution in [-0.2, 0) is 19.0 Å². The lowest BCUT2D eigenvalue weighted by Crippen LogP contribution is -2.39. The molecule has 1 aromatic heterocycles. The first-order chi connectivity index (χ1) is 11.7. The number of hydrogen-bond donors (Lipinski definition) is 0. The monoisotopic (exact) mass is 317 g/mol. The molecule has 0 bridgehead atoms. The van der Waals surface area contributed by atoms with Gasteiger partial charge in [-0.1, -0.05) is 62.4 Å². The molecule has 2 heteroatoms. The summed E-state index contributed by atoms with van der Waals surface area (Å²) in [6, 6.07) is 19.7. The van der Waals surface area contributed by atoms with E-state index in [1.807, 2.05) is 0 Å². The van der Waals surface area contributed by atoms with Gasteiger partial charge in [0.1, 0.15) is 12.7 Å². The lowest BCUT2D eigenvalue weighted by atomic mass is 9.72. The van der Waals surface area contributed by atoms with E-state index < -0.39 is 0 Å². The molecule has 0 spiro atoms. The smallest absolute Gasteiger partial charge is 0.232 e. The number of fused-ring (bicyclic) bond motifs is 3. The molecule has 0 atom stereocenters. The zero-order valence-corrected chi connectivity index (χ0v) is 14.8. The van der Waals surface area contributed by atoms with Crippen molar-refractivity contribution in [3.63, 3.8) is 0 Å². The van der Waals surface area contributed by atoms with Crippen molar-refractivity contribution in [3.8, 4) is 22.6 Å². The summed E-state index contributed by atoms with van der Waals surface area (Å²) in [6.07, 6.45) is 4.61. The molecule has 0 unspecified atom stereocenters. The van der Waals surface area contributed by atoms with Gasteiger partial charge >= 0.3 is 0 Å². The molecule has 0 saturated heterocycles.